The van der Waals surface area contributed by atoms with Gasteiger partial charge in [-0.15, -0.1) is 0 Å². The minimum absolute atomic E-state index is 0.0895. The molecule has 1 aromatic carbocycles. The monoisotopic (exact) mass is 396 g/mol. The number of rotatable bonds is 3. The van der Waals surface area contributed by atoms with E-state index in [1.165, 1.54) is 11.5 Å². The molecule has 5 rings (SSSR count). The minimum Gasteiger partial charge on any atom is -0.378 e. The molecule has 0 radical (unpaired) electrons. The van der Waals surface area contributed by atoms with Crippen LogP contribution >= 0.6 is 11.5 Å². The summed E-state index contributed by atoms with van der Waals surface area (Å²) in [4.78, 5) is 17.9. The summed E-state index contributed by atoms with van der Waals surface area (Å²) in [7, 11) is 4.13. The van der Waals surface area contributed by atoms with Crippen LogP contribution in [0.4, 0.5) is 0 Å². The first-order valence-corrected chi connectivity index (χ1v) is 10.5. The molecule has 3 atom stereocenters. The van der Waals surface area contributed by atoms with Gasteiger partial charge in [0.1, 0.15) is 0 Å². The third-order valence-electron chi connectivity index (χ3n) is 6.37. The lowest BCUT2D eigenvalue weighted by Crippen LogP contribution is -2.59. The van der Waals surface area contributed by atoms with Gasteiger partial charge in [0, 0.05) is 42.1 Å². The summed E-state index contributed by atoms with van der Waals surface area (Å²) in [6.45, 7) is 1.52. The van der Waals surface area contributed by atoms with Crippen molar-refractivity contribution in [3.05, 3.63) is 47.6 Å². The molecule has 1 amide bonds. The standard InChI is InChI=1S/C21H24N4O2S/c1-23-15-7-14(8-16(23)12-27-11-15)24(2)21(26)19-10-25(17-9-22-28-13-17)20-6-4-3-5-18(19)20/h3-6,9-10,13-16H,7-8,11-12H2,1-2H3/t14-,15-,16+. The van der Waals surface area contributed by atoms with Gasteiger partial charge in [-0.2, -0.15) is 4.37 Å². The molecule has 2 aliphatic heterocycles. The molecule has 0 N–H and O–H groups in total. The second kappa shape index (κ2) is 6.99. The number of nitrogens with zero attached hydrogens (tertiary/aromatic N) is 4. The molecule has 4 heterocycles. The SMILES string of the molecule is CN(C(=O)c1cn(-c2cnsc2)c2ccccc12)[C@H]1C[C@H]2COC[C@@H](C1)N2C. The van der Waals surface area contributed by atoms with Gasteiger partial charge in [-0.05, 0) is 37.5 Å². The van der Waals surface area contributed by atoms with Crippen LogP contribution in [0.2, 0.25) is 0 Å². The number of fused-ring (bicyclic) bond motifs is 3. The van der Waals surface area contributed by atoms with E-state index in [1.54, 1.807) is 0 Å². The predicted molar refractivity (Wildman–Crippen MR) is 110 cm³/mol. The van der Waals surface area contributed by atoms with Crippen molar-refractivity contribution in [2.75, 3.05) is 27.3 Å². The van der Waals surface area contributed by atoms with Gasteiger partial charge in [0.2, 0.25) is 0 Å². The number of likely N-dealkylation sites (N-methyl/N-ethyl adjacent to an activating group) is 1. The fourth-order valence-corrected chi connectivity index (χ4v) is 5.13. The Balaban J connectivity index is 1.48. The van der Waals surface area contributed by atoms with Gasteiger partial charge in [0.15, 0.2) is 0 Å². The zero-order valence-electron chi connectivity index (χ0n) is 16.1. The molecular formula is C21H24N4O2S. The number of para-hydroxylation sites is 1. The van der Waals surface area contributed by atoms with Gasteiger partial charge in [0.05, 0.1) is 36.2 Å². The maximum Gasteiger partial charge on any atom is 0.256 e. The number of aromatic nitrogens is 2. The van der Waals surface area contributed by atoms with Crippen LogP contribution < -0.4 is 0 Å². The van der Waals surface area contributed by atoms with Crippen molar-refractivity contribution < 1.29 is 9.53 Å². The van der Waals surface area contributed by atoms with E-state index in [4.69, 9.17) is 4.74 Å². The topological polar surface area (TPSA) is 50.6 Å². The molecule has 2 bridgehead atoms. The van der Waals surface area contributed by atoms with E-state index in [0.717, 1.165) is 48.2 Å². The van der Waals surface area contributed by atoms with Gasteiger partial charge < -0.3 is 14.2 Å². The lowest BCUT2D eigenvalue weighted by molar-refractivity contribution is -0.0772. The summed E-state index contributed by atoms with van der Waals surface area (Å²) in [5.74, 6) is 0.0895. The Bertz CT molecular complexity index is 985. The van der Waals surface area contributed by atoms with Crippen molar-refractivity contribution in [1.29, 1.82) is 0 Å². The molecule has 0 spiro atoms. The van der Waals surface area contributed by atoms with Gasteiger partial charge in [0.25, 0.3) is 5.91 Å². The van der Waals surface area contributed by atoms with E-state index in [9.17, 15) is 4.79 Å². The second-order valence-corrected chi connectivity index (χ2v) is 8.52. The highest BCUT2D eigenvalue weighted by atomic mass is 32.1. The lowest BCUT2D eigenvalue weighted by Gasteiger charge is -2.48. The van der Waals surface area contributed by atoms with Crippen molar-refractivity contribution in [3.8, 4) is 5.69 Å². The van der Waals surface area contributed by atoms with Crippen LogP contribution in [0.25, 0.3) is 16.6 Å². The van der Waals surface area contributed by atoms with Gasteiger partial charge >= 0.3 is 0 Å². The lowest BCUT2D eigenvalue weighted by atomic mass is 9.89. The van der Waals surface area contributed by atoms with Gasteiger partial charge in [-0.1, -0.05) is 18.2 Å². The molecule has 0 saturated carbocycles. The number of ether oxygens (including phenoxy) is 1. The molecule has 0 aliphatic carbocycles. The molecule has 2 aliphatic rings. The maximum atomic E-state index is 13.5. The number of piperidine rings is 1. The van der Waals surface area contributed by atoms with E-state index >= 15 is 0 Å². The number of benzene rings is 1. The summed E-state index contributed by atoms with van der Waals surface area (Å²) >= 11 is 1.42. The Labute approximate surface area is 168 Å². The molecule has 3 aromatic rings. The summed E-state index contributed by atoms with van der Waals surface area (Å²) in [5.41, 5.74) is 2.78. The first kappa shape index (κ1) is 17.8. The second-order valence-electron chi connectivity index (χ2n) is 7.86. The van der Waals surface area contributed by atoms with E-state index in [-0.39, 0.29) is 11.9 Å². The Morgan fingerprint density at radius 2 is 2.00 bits per heavy atom. The number of amides is 1. The Morgan fingerprint density at radius 3 is 2.71 bits per heavy atom. The maximum absolute atomic E-state index is 13.5. The van der Waals surface area contributed by atoms with Crippen LogP contribution in [-0.2, 0) is 4.74 Å². The smallest absolute Gasteiger partial charge is 0.256 e. The average molecular weight is 397 g/mol. The van der Waals surface area contributed by atoms with Gasteiger partial charge in [-0.3, -0.25) is 9.69 Å². The van der Waals surface area contributed by atoms with Gasteiger partial charge in [-0.25, -0.2) is 0 Å². The van der Waals surface area contributed by atoms with Crippen LogP contribution in [0.5, 0.6) is 0 Å². The first-order valence-electron chi connectivity index (χ1n) is 9.70. The van der Waals surface area contributed by atoms with Crippen LogP contribution in [0.3, 0.4) is 0 Å². The van der Waals surface area contributed by atoms with Crippen LogP contribution in [0.15, 0.2) is 42.0 Å². The number of morpholine rings is 1. The van der Waals surface area contributed by atoms with E-state index in [0.29, 0.717) is 12.1 Å². The van der Waals surface area contributed by atoms with Crippen molar-refractivity contribution in [3.63, 3.8) is 0 Å². The Morgan fingerprint density at radius 1 is 1.25 bits per heavy atom. The average Bonchev–Trinajstić information content (AvgIpc) is 3.34. The summed E-state index contributed by atoms with van der Waals surface area (Å²) in [5, 5.41) is 2.99. The molecule has 28 heavy (non-hydrogen) atoms. The highest BCUT2D eigenvalue weighted by Crippen LogP contribution is 2.31. The molecule has 2 fully saturated rings. The number of carbonyl (C=O) groups is 1. The third kappa shape index (κ3) is 2.85. The predicted octanol–water partition coefficient (Wildman–Crippen LogP) is 3.02. The van der Waals surface area contributed by atoms with Crippen molar-refractivity contribution >= 4 is 28.3 Å². The molecule has 2 saturated heterocycles. The largest absolute Gasteiger partial charge is 0.378 e. The fraction of sp³-hybridized carbons (Fsp3) is 0.429. The molecule has 146 valence electrons. The number of carbonyl (C=O) groups excluding carboxylic acids is 1. The Kier molecular flexibility index (Phi) is 4.45. The normalized spacial score (nSPS) is 25.1. The van der Waals surface area contributed by atoms with Crippen LogP contribution in [0, 0.1) is 0 Å². The zero-order valence-corrected chi connectivity index (χ0v) is 16.9. The van der Waals surface area contributed by atoms with E-state index in [1.807, 2.05) is 47.9 Å². The summed E-state index contributed by atoms with van der Waals surface area (Å²) < 4.78 is 12.0. The summed E-state index contributed by atoms with van der Waals surface area (Å²) in [6.07, 6.45) is 5.73. The molecule has 7 heteroatoms. The van der Waals surface area contributed by atoms with E-state index in [2.05, 4.69) is 27.0 Å². The van der Waals surface area contributed by atoms with Crippen LogP contribution in [-0.4, -0.2) is 70.1 Å². The summed E-state index contributed by atoms with van der Waals surface area (Å²) in [6, 6.07) is 9.12. The van der Waals surface area contributed by atoms with Crippen molar-refractivity contribution in [2.24, 2.45) is 0 Å². The quantitative estimate of drug-likeness (QED) is 0.683. The Hall–Kier alpha value is -2.22. The molecule has 2 aromatic heterocycles. The highest BCUT2D eigenvalue weighted by Gasteiger charge is 2.39. The number of hydrogen-bond acceptors (Lipinski definition) is 5. The third-order valence-corrected chi connectivity index (χ3v) is 6.94. The molecule has 0 unspecified atom stereocenters. The number of hydrogen-bond donors (Lipinski definition) is 0. The molecule has 6 nitrogen and oxygen atoms in total. The highest BCUT2D eigenvalue weighted by molar-refractivity contribution is 7.03. The zero-order chi connectivity index (χ0) is 19.3. The van der Waals surface area contributed by atoms with Crippen LogP contribution in [0.1, 0.15) is 23.2 Å². The minimum atomic E-state index is 0.0895. The van der Waals surface area contributed by atoms with E-state index < -0.39 is 0 Å². The first-order chi connectivity index (χ1) is 13.6. The fourth-order valence-electron chi connectivity index (χ4n) is 4.62. The van der Waals surface area contributed by atoms with Crippen molar-refractivity contribution in [2.45, 2.75) is 31.0 Å². The molecular weight excluding hydrogens is 372 g/mol. The van der Waals surface area contributed by atoms with Crippen molar-refractivity contribution in [1.82, 2.24) is 18.7 Å².